The zero-order valence-corrected chi connectivity index (χ0v) is 18.6. The number of fused-ring (bicyclic) bond motifs is 1. The molecule has 170 valence electrons. The van der Waals surface area contributed by atoms with Crippen molar-refractivity contribution in [3.8, 4) is 5.75 Å². The number of benzene rings is 3. The third kappa shape index (κ3) is 5.72. The molecule has 0 aliphatic heterocycles. The van der Waals surface area contributed by atoms with E-state index in [1.54, 1.807) is 12.3 Å². The summed E-state index contributed by atoms with van der Waals surface area (Å²) in [6.07, 6.45) is 5.15. The van der Waals surface area contributed by atoms with Gasteiger partial charge in [-0.15, -0.1) is 0 Å². The van der Waals surface area contributed by atoms with Gasteiger partial charge in [0, 0.05) is 11.1 Å². The molecule has 0 saturated carbocycles. The zero-order chi connectivity index (χ0) is 23.2. The quantitative estimate of drug-likeness (QED) is 0.274. The average molecular weight is 450 g/mol. The van der Waals surface area contributed by atoms with Gasteiger partial charge in [0.1, 0.15) is 11.6 Å². The summed E-state index contributed by atoms with van der Waals surface area (Å²) in [6.45, 7) is 2.75. The number of halogens is 3. The van der Waals surface area contributed by atoms with Crippen molar-refractivity contribution in [1.29, 1.82) is 0 Å². The molecule has 3 aromatic carbocycles. The van der Waals surface area contributed by atoms with E-state index >= 15 is 4.39 Å². The fraction of sp³-hybridized carbons (Fsp3) is 0.250. The van der Waals surface area contributed by atoms with Gasteiger partial charge in [0.2, 0.25) is 0 Å². The number of hydrogen-bond acceptors (Lipinski definition) is 2. The van der Waals surface area contributed by atoms with Crippen molar-refractivity contribution >= 4 is 10.8 Å². The first-order valence-electron chi connectivity index (χ1n) is 11.2. The summed E-state index contributed by atoms with van der Waals surface area (Å²) >= 11 is 0. The Hall–Kier alpha value is -3.34. The number of aromatic nitrogens is 1. The van der Waals surface area contributed by atoms with Crippen LogP contribution in [0.2, 0.25) is 0 Å². The lowest BCUT2D eigenvalue weighted by Crippen LogP contribution is -1.99. The predicted molar refractivity (Wildman–Crippen MR) is 125 cm³/mol. The lowest BCUT2D eigenvalue weighted by molar-refractivity contribution is 0.316. The van der Waals surface area contributed by atoms with Crippen LogP contribution in [0.15, 0.2) is 66.9 Å². The second-order valence-electron chi connectivity index (χ2n) is 8.18. The number of aryl methyl sites for hydroxylation is 4. The van der Waals surface area contributed by atoms with Gasteiger partial charge >= 0.3 is 0 Å². The van der Waals surface area contributed by atoms with Gasteiger partial charge in [-0.2, -0.15) is 0 Å². The van der Waals surface area contributed by atoms with Crippen molar-refractivity contribution in [2.45, 2.75) is 39.0 Å². The van der Waals surface area contributed by atoms with Crippen LogP contribution in [0.4, 0.5) is 13.2 Å². The molecule has 5 heteroatoms. The topological polar surface area (TPSA) is 22.1 Å². The van der Waals surface area contributed by atoms with E-state index < -0.39 is 11.6 Å². The number of hydrogen-bond donors (Lipinski definition) is 0. The molecule has 0 fully saturated rings. The first kappa shape index (κ1) is 22.8. The van der Waals surface area contributed by atoms with E-state index in [4.69, 9.17) is 4.74 Å². The molecular formula is C28H26F3NO. The highest BCUT2D eigenvalue weighted by molar-refractivity contribution is 5.84. The molecular weight excluding hydrogens is 423 g/mol. The van der Waals surface area contributed by atoms with Crippen LogP contribution in [0.3, 0.4) is 0 Å². The summed E-state index contributed by atoms with van der Waals surface area (Å²) in [5, 5.41) is 1.41. The molecule has 1 heterocycles. The Morgan fingerprint density at radius 2 is 1.55 bits per heavy atom. The summed E-state index contributed by atoms with van der Waals surface area (Å²) in [5.41, 5.74) is 3.30. The predicted octanol–water partition coefficient (Wildman–Crippen LogP) is 7.01. The number of rotatable bonds is 9. The van der Waals surface area contributed by atoms with E-state index in [1.807, 2.05) is 36.4 Å². The fourth-order valence-electron chi connectivity index (χ4n) is 3.85. The van der Waals surface area contributed by atoms with Crippen LogP contribution in [0.5, 0.6) is 5.75 Å². The van der Waals surface area contributed by atoms with Gasteiger partial charge in [0.25, 0.3) is 0 Å². The Kier molecular flexibility index (Phi) is 7.28. The van der Waals surface area contributed by atoms with Gasteiger partial charge < -0.3 is 4.74 Å². The van der Waals surface area contributed by atoms with E-state index in [-0.39, 0.29) is 5.82 Å². The molecule has 0 atom stereocenters. The highest BCUT2D eigenvalue weighted by atomic mass is 19.2. The maximum absolute atomic E-state index is 15.1. The lowest BCUT2D eigenvalue weighted by atomic mass is 9.98. The maximum atomic E-state index is 15.1. The normalized spacial score (nSPS) is 11.2. The van der Waals surface area contributed by atoms with E-state index in [1.165, 1.54) is 12.1 Å². The maximum Gasteiger partial charge on any atom is 0.159 e. The zero-order valence-electron chi connectivity index (χ0n) is 18.6. The molecule has 0 unspecified atom stereocenters. The van der Waals surface area contributed by atoms with Crippen LogP contribution < -0.4 is 4.74 Å². The van der Waals surface area contributed by atoms with Crippen molar-refractivity contribution < 1.29 is 17.9 Å². The molecule has 0 amide bonds. The standard InChI is InChI=1S/C28H26F3NO/c1-2-15-33-24-12-11-23(32-18-24)10-4-19-5-13-25-22(16-19)9-8-21(28(25)31)7-3-20-6-14-26(29)27(30)17-20/h5-6,8-9,11-14,16-18H,2-4,7,10,15H2,1H3. The number of ether oxygens (including phenoxy) is 1. The van der Waals surface area contributed by atoms with Crippen molar-refractivity contribution in [2.24, 2.45) is 0 Å². The first-order valence-corrected chi connectivity index (χ1v) is 11.2. The largest absolute Gasteiger partial charge is 0.492 e. The monoisotopic (exact) mass is 449 g/mol. The highest BCUT2D eigenvalue weighted by Gasteiger charge is 2.10. The van der Waals surface area contributed by atoms with E-state index in [9.17, 15) is 8.78 Å². The summed E-state index contributed by atoms with van der Waals surface area (Å²) in [4.78, 5) is 4.46. The van der Waals surface area contributed by atoms with Crippen molar-refractivity contribution in [1.82, 2.24) is 4.98 Å². The second-order valence-corrected chi connectivity index (χ2v) is 8.18. The van der Waals surface area contributed by atoms with E-state index in [0.717, 1.165) is 47.7 Å². The SMILES string of the molecule is CCCOc1ccc(CCc2ccc3c(F)c(CCc4ccc(F)c(F)c4)ccc3c2)nc1. The fourth-order valence-corrected chi connectivity index (χ4v) is 3.85. The summed E-state index contributed by atoms with van der Waals surface area (Å²) in [6, 6.07) is 17.2. The molecule has 33 heavy (non-hydrogen) atoms. The molecule has 4 rings (SSSR count). The second kappa shape index (κ2) is 10.5. The molecule has 1 aromatic heterocycles. The number of pyridine rings is 1. The summed E-state index contributed by atoms with van der Waals surface area (Å²) in [7, 11) is 0. The Balaban J connectivity index is 1.41. The van der Waals surface area contributed by atoms with Crippen LogP contribution in [-0.2, 0) is 25.7 Å². The molecule has 0 radical (unpaired) electrons. The molecule has 0 aliphatic rings. The third-order valence-corrected chi connectivity index (χ3v) is 5.71. The summed E-state index contributed by atoms with van der Waals surface area (Å²) in [5.74, 6) is -1.23. The van der Waals surface area contributed by atoms with Gasteiger partial charge in [-0.3, -0.25) is 4.98 Å². The van der Waals surface area contributed by atoms with Gasteiger partial charge in [0.15, 0.2) is 11.6 Å². The van der Waals surface area contributed by atoms with Gasteiger partial charge in [0.05, 0.1) is 12.8 Å². The molecule has 0 N–H and O–H groups in total. The molecule has 0 aliphatic carbocycles. The minimum absolute atomic E-state index is 0.258. The third-order valence-electron chi connectivity index (χ3n) is 5.71. The Bertz CT molecular complexity index is 1240. The van der Waals surface area contributed by atoms with Crippen LogP contribution in [-0.4, -0.2) is 11.6 Å². The molecule has 0 spiro atoms. The Morgan fingerprint density at radius 3 is 2.30 bits per heavy atom. The van der Waals surface area contributed by atoms with Crippen LogP contribution in [0.25, 0.3) is 10.8 Å². The average Bonchev–Trinajstić information content (AvgIpc) is 2.83. The summed E-state index contributed by atoms with van der Waals surface area (Å²) < 4.78 is 47.1. The first-order chi connectivity index (χ1) is 16.0. The van der Waals surface area contributed by atoms with Gasteiger partial charge in [-0.1, -0.05) is 43.3 Å². The smallest absolute Gasteiger partial charge is 0.159 e. The Labute approximate surface area is 192 Å². The minimum Gasteiger partial charge on any atom is -0.492 e. The highest BCUT2D eigenvalue weighted by Crippen LogP contribution is 2.24. The molecule has 0 bridgehead atoms. The van der Waals surface area contributed by atoms with Crippen LogP contribution >= 0.6 is 0 Å². The molecule has 0 saturated heterocycles. The lowest BCUT2D eigenvalue weighted by Gasteiger charge is -2.09. The van der Waals surface area contributed by atoms with Gasteiger partial charge in [-0.05, 0) is 78.4 Å². The van der Waals surface area contributed by atoms with Crippen LogP contribution in [0, 0.1) is 17.5 Å². The molecule has 2 nitrogen and oxygen atoms in total. The molecule has 4 aromatic rings. The minimum atomic E-state index is -0.880. The van der Waals surface area contributed by atoms with Crippen molar-refractivity contribution in [3.63, 3.8) is 0 Å². The Morgan fingerprint density at radius 1 is 0.758 bits per heavy atom. The van der Waals surface area contributed by atoms with Crippen LogP contribution in [0.1, 0.15) is 35.7 Å². The van der Waals surface area contributed by atoms with E-state index in [2.05, 4.69) is 11.9 Å². The van der Waals surface area contributed by atoms with Crippen molar-refractivity contribution in [2.75, 3.05) is 6.61 Å². The van der Waals surface area contributed by atoms with Crippen molar-refractivity contribution in [3.05, 3.63) is 107 Å². The van der Waals surface area contributed by atoms with Gasteiger partial charge in [-0.25, -0.2) is 13.2 Å². The number of nitrogens with zero attached hydrogens (tertiary/aromatic N) is 1. The van der Waals surface area contributed by atoms with E-state index in [0.29, 0.717) is 36.0 Å².